The summed E-state index contributed by atoms with van der Waals surface area (Å²) in [5.74, 6) is 1.13. The van der Waals surface area contributed by atoms with Crippen LogP contribution in [0.4, 0.5) is 5.95 Å². The van der Waals surface area contributed by atoms with E-state index in [1.54, 1.807) is 12.4 Å². The van der Waals surface area contributed by atoms with Crippen molar-refractivity contribution in [3.05, 3.63) is 18.5 Å². The predicted molar refractivity (Wildman–Crippen MR) is 101 cm³/mol. The molecule has 27 heavy (non-hydrogen) atoms. The van der Waals surface area contributed by atoms with Gasteiger partial charge in [0.1, 0.15) is 0 Å². The molecule has 0 N–H and O–H groups in total. The summed E-state index contributed by atoms with van der Waals surface area (Å²) in [4.78, 5) is 42.1. The van der Waals surface area contributed by atoms with Gasteiger partial charge in [-0.25, -0.2) is 9.97 Å². The van der Waals surface area contributed by atoms with Crippen LogP contribution in [0, 0.1) is 5.41 Å². The molecule has 3 saturated heterocycles. The molecule has 8 heteroatoms. The molecular formula is C19H28N6O2. The number of carbonyl (C=O) groups is 2. The van der Waals surface area contributed by atoms with Crippen molar-refractivity contribution in [1.82, 2.24) is 24.7 Å². The molecule has 3 fully saturated rings. The van der Waals surface area contributed by atoms with E-state index in [1.807, 2.05) is 22.9 Å². The molecule has 4 rings (SSSR count). The van der Waals surface area contributed by atoms with E-state index in [1.165, 1.54) is 0 Å². The Morgan fingerprint density at radius 2 is 1.81 bits per heavy atom. The molecule has 0 unspecified atom stereocenters. The number of hydrogen-bond acceptors (Lipinski definition) is 6. The maximum absolute atomic E-state index is 12.8. The summed E-state index contributed by atoms with van der Waals surface area (Å²) in [7, 11) is 1.88. The molecule has 1 aromatic rings. The van der Waals surface area contributed by atoms with Crippen LogP contribution < -0.4 is 4.90 Å². The van der Waals surface area contributed by atoms with Crippen molar-refractivity contribution < 1.29 is 9.59 Å². The third-order valence-electron chi connectivity index (χ3n) is 6.22. The first-order chi connectivity index (χ1) is 13.1. The van der Waals surface area contributed by atoms with Gasteiger partial charge in [-0.15, -0.1) is 0 Å². The zero-order chi connectivity index (χ0) is 18.9. The van der Waals surface area contributed by atoms with Crippen LogP contribution in [0.15, 0.2) is 18.5 Å². The van der Waals surface area contributed by atoms with Crippen molar-refractivity contribution in [2.75, 3.05) is 64.3 Å². The molecular weight excluding hydrogens is 344 g/mol. The number of rotatable bonds is 3. The highest BCUT2D eigenvalue weighted by atomic mass is 16.2. The van der Waals surface area contributed by atoms with Crippen LogP contribution in [0.25, 0.3) is 0 Å². The molecule has 1 spiro atoms. The van der Waals surface area contributed by atoms with E-state index in [4.69, 9.17) is 0 Å². The average molecular weight is 372 g/mol. The fourth-order valence-electron chi connectivity index (χ4n) is 4.58. The highest BCUT2D eigenvalue weighted by molar-refractivity contribution is 5.86. The van der Waals surface area contributed by atoms with Crippen LogP contribution in [-0.2, 0) is 9.59 Å². The van der Waals surface area contributed by atoms with Crippen LogP contribution in [0.3, 0.4) is 0 Å². The molecule has 8 nitrogen and oxygen atoms in total. The largest absolute Gasteiger partial charge is 0.345 e. The molecule has 0 bridgehead atoms. The summed E-state index contributed by atoms with van der Waals surface area (Å²) in [6.45, 7) is 5.86. The number of piperazine rings is 1. The Kier molecular flexibility index (Phi) is 4.99. The normalized spacial score (nSPS) is 26.9. The number of amides is 2. The molecule has 0 aromatic carbocycles. The smallest absolute Gasteiger partial charge is 0.236 e. The summed E-state index contributed by atoms with van der Waals surface area (Å²) in [5, 5.41) is 0. The van der Waals surface area contributed by atoms with Gasteiger partial charge in [-0.3, -0.25) is 14.5 Å². The molecule has 1 aromatic heterocycles. The summed E-state index contributed by atoms with van der Waals surface area (Å²) < 4.78 is 0. The molecule has 4 heterocycles. The Balaban J connectivity index is 1.29. The first-order valence-corrected chi connectivity index (χ1v) is 9.85. The van der Waals surface area contributed by atoms with Gasteiger partial charge in [0.15, 0.2) is 0 Å². The number of nitrogens with zero attached hydrogens (tertiary/aromatic N) is 6. The SMILES string of the molecule is CN1CCC[C@]2(CCN(C(=O)CN3CCN(c4ncccn4)CC3)C2)C1=O. The van der Waals surface area contributed by atoms with E-state index < -0.39 is 0 Å². The lowest BCUT2D eigenvalue weighted by Gasteiger charge is -2.37. The Morgan fingerprint density at radius 1 is 1.07 bits per heavy atom. The molecule has 0 radical (unpaired) electrons. The lowest BCUT2D eigenvalue weighted by molar-refractivity contribution is -0.144. The number of anilines is 1. The topological polar surface area (TPSA) is 72.9 Å². The second kappa shape index (κ2) is 7.42. The van der Waals surface area contributed by atoms with Crippen molar-refractivity contribution >= 4 is 17.8 Å². The van der Waals surface area contributed by atoms with E-state index in [0.29, 0.717) is 19.6 Å². The van der Waals surface area contributed by atoms with Crippen LogP contribution in [0.1, 0.15) is 19.3 Å². The van der Waals surface area contributed by atoms with Gasteiger partial charge in [0.2, 0.25) is 17.8 Å². The van der Waals surface area contributed by atoms with E-state index >= 15 is 0 Å². The maximum atomic E-state index is 12.8. The maximum Gasteiger partial charge on any atom is 0.236 e. The second-order valence-corrected chi connectivity index (χ2v) is 7.99. The first-order valence-electron chi connectivity index (χ1n) is 9.85. The standard InChI is InChI=1S/C19H28N6O2/c1-22-8-2-4-19(17(22)27)5-9-25(15-19)16(26)14-23-10-12-24(13-11-23)18-20-6-3-7-21-18/h3,6-7H,2,4-5,8-15H2,1H3/t19-/m1/s1. The van der Waals surface area contributed by atoms with Gasteiger partial charge in [0, 0.05) is 65.3 Å². The summed E-state index contributed by atoms with van der Waals surface area (Å²) in [6, 6.07) is 1.82. The Hall–Kier alpha value is -2.22. The van der Waals surface area contributed by atoms with E-state index in [2.05, 4.69) is 19.8 Å². The third-order valence-corrected chi connectivity index (χ3v) is 6.22. The highest BCUT2D eigenvalue weighted by Gasteiger charge is 2.48. The minimum absolute atomic E-state index is 0.150. The fraction of sp³-hybridized carbons (Fsp3) is 0.684. The number of piperidine rings is 1. The Morgan fingerprint density at radius 3 is 2.56 bits per heavy atom. The van der Waals surface area contributed by atoms with Crippen LogP contribution in [0.2, 0.25) is 0 Å². The van der Waals surface area contributed by atoms with Gasteiger partial charge >= 0.3 is 0 Å². The predicted octanol–water partition coefficient (Wildman–Crippen LogP) is 0.0695. The van der Waals surface area contributed by atoms with Crippen LogP contribution >= 0.6 is 0 Å². The Labute approximate surface area is 160 Å². The third kappa shape index (κ3) is 3.63. The minimum atomic E-state index is -0.327. The first kappa shape index (κ1) is 18.2. The fourth-order valence-corrected chi connectivity index (χ4v) is 4.58. The van der Waals surface area contributed by atoms with Crippen LogP contribution in [-0.4, -0.2) is 95.9 Å². The molecule has 3 aliphatic rings. The van der Waals surface area contributed by atoms with Gasteiger partial charge in [-0.05, 0) is 25.3 Å². The summed E-state index contributed by atoms with van der Waals surface area (Å²) >= 11 is 0. The summed E-state index contributed by atoms with van der Waals surface area (Å²) in [6.07, 6.45) is 6.27. The molecule has 1 atom stereocenters. The number of likely N-dealkylation sites (tertiary alicyclic amines) is 2. The van der Waals surface area contributed by atoms with Gasteiger partial charge in [-0.1, -0.05) is 0 Å². The van der Waals surface area contributed by atoms with Crippen molar-refractivity contribution in [2.24, 2.45) is 5.41 Å². The van der Waals surface area contributed by atoms with E-state index in [-0.39, 0.29) is 17.2 Å². The zero-order valence-corrected chi connectivity index (χ0v) is 16.0. The average Bonchev–Trinajstić information content (AvgIpc) is 3.13. The van der Waals surface area contributed by atoms with Crippen molar-refractivity contribution in [1.29, 1.82) is 0 Å². The van der Waals surface area contributed by atoms with Gasteiger partial charge in [0.25, 0.3) is 0 Å². The number of carbonyl (C=O) groups excluding carboxylic acids is 2. The van der Waals surface area contributed by atoms with Gasteiger partial charge in [-0.2, -0.15) is 0 Å². The number of hydrogen-bond donors (Lipinski definition) is 0. The van der Waals surface area contributed by atoms with Gasteiger partial charge in [0.05, 0.1) is 12.0 Å². The van der Waals surface area contributed by atoms with Crippen molar-refractivity contribution in [3.63, 3.8) is 0 Å². The van der Waals surface area contributed by atoms with E-state index in [0.717, 1.165) is 57.9 Å². The summed E-state index contributed by atoms with van der Waals surface area (Å²) in [5.41, 5.74) is -0.327. The quantitative estimate of drug-likeness (QED) is 0.748. The molecule has 3 aliphatic heterocycles. The molecule has 2 amide bonds. The zero-order valence-electron chi connectivity index (χ0n) is 16.0. The van der Waals surface area contributed by atoms with E-state index in [9.17, 15) is 9.59 Å². The molecule has 146 valence electrons. The number of aromatic nitrogens is 2. The lowest BCUT2D eigenvalue weighted by Crippen LogP contribution is -2.51. The second-order valence-electron chi connectivity index (χ2n) is 7.99. The highest BCUT2D eigenvalue weighted by Crippen LogP contribution is 2.39. The monoisotopic (exact) mass is 372 g/mol. The van der Waals surface area contributed by atoms with Crippen molar-refractivity contribution in [2.45, 2.75) is 19.3 Å². The van der Waals surface area contributed by atoms with Gasteiger partial charge < -0.3 is 14.7 Å². The molecule has 0 saturated carbocycles. The Bertz CT molecular complexity index is 691. The molecule has 0 aliphatic carbocycles. The van der Waals surface area contributed by atoms with Crippen molar-refractivity contribution in [3.8, 4) is 0 Å². The lowest BCUT2D eigenvalue weighted by atomic mass is 9.78. The minimum Gasteiger partial charge on any atom is -0.345 e. The van der Waals surface area contributed by atoms with Crippen LogP contribution in [0.5, 0.6) is 0 Å².